The molecule has 0 aliphatic heterocycles. The number of fused-ring (bicyclic) bond motifs is 2. The van der Waals surface area contributed by atoms with E-state index < -0.39 is 12.0 Å². The lowest BCUT2D eigenvalue weighted by Gasteiger charge is -2.17. The minimum Gasteiger partial charge on any atom is -0.480 e. The zero-order chi connectivity index (χ0) is 21.4. The monoisotopic (exact) mass is 448 g/mol. The lowest BCUT2D eigenvalue weighted by molar-refractivity contribution is -0.137. The van der Waals surface area contributed by atoms with E-state index in [9.17, 15) is 9.90 Å². The highest BCUT2D eigenvalue weighted by Crippen LogP contribution is 2.33. The number of thiophene rings is 1. The van der Waals surface area contributed by atoms with Crippen LogP contribution in [-0.4, -0.2) is 32.1 Å². The fourth-order valence-electron chi connectivity index (χ4n) is 3.63. The molecular weight excluding hydrogens is 432 g/mol. The van der Waals surface area contributed by atoms with Gasteiger partial charge in [-0.15, -0.1) is 11.3 Å². The molecule has 0 radical (unpaired) electrons. The van der Waals surface area contributed by atoms with Crippen LogP contribution >= 0.6 is 22.9 Å². The van der Waals surface area contributed by atoms with E-state index in [1.165, 1.54) is 11.3 Å². The van der Waals surface area contributed by atoms with E-state index in [1.807, 2.05) is 60.1 Å². The molecule has 0 spiro atoms. The van der Waals surface area contributed by atoms with E-state index in [4.69, 9.17) is 11.6 Å². The van der Waals surface area contributed by atoms with Crippen molar-refractivity contribution in [2.45, 2.75) is 12.5 Å². The summed E-state index contributed by atoms with van der Waals surface area (Å²) in [6.45, 7) is 0. The van der Waals surface area contributed by atoms with E-state index in [0.29, 0.717) is 23.1 Å². The van der Waals surface area contributed by atoms with E-state index in [-0.39, 0.29) is 0 Å². The number of aliphatic carboxylic acids is 1. The highest BCUT2D eigenvalue weighted by Gasteiger charge is 2.22. The molecule has 0 saturated carbocycles. The Morgan fingerprint density at radius 3 is 2.65 bits per heavy atom. The first-order valence-corrected chi connectivity index (χ1v) is 10.9. The Labute approximate surface area is 186 Å². The molecule has 0 amide bonds. The number of hydrogen-bond donors (Lipinski definition) is 3. The number of H-pyrrole nitrogens is 1. The number of aromatic nitrogens is 3. The lowest BCUT2D eigenvalue weighted by atomic mass is 10.0. The van der Waals surface area contributed by atoms with Crippen molar-refractivity contribution in [3.63, 3.8) is 0 Å². The predicted octanol–water partition coefficient (Wildman–Crippen LogP) is 5.60. The summed E-state index contributed by atoms with van der Waals surface area (Å²) in [7, 11) is 0. The Morgan fingerprint density at radius 2 is 1.87 bits per heavy atom. The molecule has 1 atom stereocenters. The van der Waals surface area contributed by atoms with Gasteiger partial charge in [0, 0.05) is 28.9 Å². The molecule has 3 N–H and O–H groups in total. The van der Waals surface area contributed by atoms with Crippen LogP contribution in [0.3, 0.4) is 0 Å². The maximum atomic E-state index is 12.1. The summed E-state index contributed by atoms with van der Waals surface area (Å²) in [4.78, 5) is 25.4. The van der Waals surface area contributed by atoms with Crippen molar-refractivity contribution < 1.29 is 9.90 Å². The van der Waals surface area contributed by atoms with Gasteiger partial charge in [-0.1, -0.05) is 41.9 Å². The van der Waals surface area contributed by atoms with Gasteiger partial charge in [-0.3, -0.25) is 0 Å². The Morgan fingerprint density at radius 1 is 1.10 bits per heavy atom. The third-order valence-corrected chi connectivity index (χ3v) is 6.47. The van der Waals surface area contributed by atoms with E-state index in [2.05, 4.69) is 20.3 Å². The van der Waals surface area contributed by atoms with Crippen LogP contribution in [0, 0.1) is 0 Å². The Kier molecular flexibility index (Phi) is 5.05. The van der Waals surface area contributed by atoms with Crippen LogP contribution in [-0.2, 0) is 11.2 Å². The van der Waals surface area contributed by atoms with Crippen molar-refractivity contribution in [1.29, 1.82) is 0 Å². The van der Waals surface area contributed by atoms with Crippen molar-refractivity contribution in [3.8, 4) is 10.7 Å². The number of carboxylic acid groups (broad SMARTS) is 1. The number of nitrogens with zero attached hydrogens (tertiary/aromatic N) is 2. The van der Waals surface area contributed by atoms with Gasteiger partial charge in [-0.05, 0) is 35.2 Å². The quantitative estimate of drug-likeness (QED) is 0.314. The number of hydrogen-bond acceptors (Lipinski definition) is 5. The number of nitrogens with one attached hydrogen (secondary N) is 2. The number of carbonyl (C=O) groups is 1. The van der Waals surface area contributed by atoms with Crippen molar-refractivity contribution in [1.82, 2.24) is 15.0 Å². The molecular formula is C23H17ClN4O2S. The maximum Gasteiger partial charge on any atom is 0.326 e. The maximum absolute atomic E-state index is 12.1. The van der Waals surface area contributed by atoms with Gasteiger partial charge in [0.2, 0.25) is 0 Å². The van der Waals surface area contributed by atoms with Gasteiger partial charge in [0.25, 0.3) is 0 Å². The van der Waals surface area contributed by atoms with Crippen molar-refractivity contribution in [3.05, 3.63) is 76.8 Å². The average Bonchev–Trinajstić information content (AvgIpc) is 3.39. The summed E-state index contributed by atoms with van der Waals surface area (Å²) >= 11 is 7.74. The van der Waals surface area contributed by atoms with E-state index >= 15 is 0 Å². The molecule has 3 aromatic heterocycles. The highest BCUT2D eigenvalue weighted by atomic mass is 35.5. The van der Waals surface area contributed by atoms with E-state index in [0.717, 1.165) is 32.2 Å². The smallest absolute Gasteiger partial charge is 0.326 e. The summed E-state index contributed by atoms with van der Waals surface area (Å²) in [5, 5.41) is 17.3. The lowest BCUT2D eigenvalue weighted by Crippen LogP contribution is -2.32. The summed E-state index contributed by atoms with van der Waals surface area (Å²) in [6.07, 6.45) is 2.16. The number of para-hydroxylation sites is 2. The van der Waals surface area contributed by atoms with Crippen molar-refractivity contribution in [2.24, 2.45) is 0 Å². The first-order valence-electron chi connectivity index (χ1n) is 9.64. The predicted molar refractivity (Wildman–Crippen MR) is 125 cm³/mol. The minimum absolute atomic E-state index is 0.298. The summed E-state index contributed by atoms with van der Waals surface area (Å²) in [6, 6.07) is 16.3. The van der Waals surface area contributed by atoms with Gasteiger partial charge < -0.3 is 15.4 Å². The molecule has 0 aliphatic rings. The average molecular weight is 449 g/mol. The molecule has 0 aliphatic carbocycles. The molecule has 1 unspecified atom stereocenters. The molecule has 0 saturated heterocycles. The zero-order valence-electron chi connectivity index (χ0n) is 16.2. The highest BCUT2D eigenvalue weighted by molar-refractivity contribution is 7.14. The zero-order valence-corrected chi connectivity index (χ0v) is 17.7. The first kappa shape index (κ1) is 19.5. The van der Waals surface area contributed by atoms with E-state index in [1.54, 1.807) is 6.07 Å². The van der Waals surface area contributed by atoms with Crippen LogP contribution in [0.2, 0.25) is 5.02 Å². The Hall–Kier alpha value is -3.42. The van der Waals surface area contributed by atoms with Crippen molar-refractivity contribution >= 4 is 56.5 Å². The van der Waals surface area contributed by atoms with Crippen LogP contribution in [0.25, 0.3) is 32.5 Å². The second kappa shape index (κ2) is 8.02. The minimum atomic E-state index is -0.955. The first-order chi connectivity index (χ1) is 15.1. The van der Waals surface area contributed by atoms with Gasteiger partial charge in [0.15, 0.2) is 5.82 Å². The Bertz CT molecular complexity index is 1410. The number of halogens is 1. The molecule has 31 heavy (non-hydrogen) atoms. The topological polar surface area (TPSA) is 90.9 Å². The largest absolute Gasteiger partial charge is 0.480 e. The molecule has 0 bridgehead atoms. The van der Waals surface area contributed by atoms with Gasteiger partial charge in [-0.2, -0.15) is 0 Å². The SMILES string of the molecule is O=C(O)C(Cc1c[nH]c2ccccc12)Nc1nc(-c2sccc2Cl)nc2ccccc12. The van der Waals surface area contributed by atoms with Gasteiger partial charge in [-0.25, -0.2) is 14.8 Å². The fourth-order valence-corrected chi connectivity index (χ4v) is 4.70. The molecule has 154 valence electrons. The third-order valence-electron chi connectivity index (χ3n) is 5.13. The third kappa shape index (κ3) is 3.73. The van der Waals surface area contributed by atoms with Crippen LogP contribution in [0.15, 0.2) is 66.2 Å². The van der Waals surface area contributed by atoms with Gasteiger partial charge in [0.05, 0.1) is 15.4 Å². The second-order valence-corrected chi connectivity index (χ2v) is 8.43. The fraction of sp³-hybridized carbons (Fsp3) is 0.0870. The standard InChI is InChI=1S/C23H17ClN4O2S/c24-16-9-10-31-20(16)22-26-18-8-4-2-6-15(18)21(28-22)27-19(23(29)30)11-13-12-25-17-7-3-1-5-14(13)17/h1-10,12,19,25H,11H2,(H,29,30)(H,26,27,28). The van der Waals surface area contributed by atoms with Crippen LogP contribution in [0.5, 0.6) is 0 Å². The number of aromatic amines is 1. The number of rotatable bonds is 6. The molecule has 5 rings (SSSR count). The molecule has 5 aromatic rings. The second-order valence-electron chi connectivity index (χ2n) is 7.11. The summed E-state index contributed by atoms with van der Waals surface area (Å²) < 4.78 is 0. The van der Waals surface area contributed by atoms with Gasteiger partial charge in [0.1, 0.15) is 11.9 Å². The normalized spacial score (nSPS) is 12.3. The van der Waals surface area contributed by atoms with Crippen molar-refractivity contribution in [2.75, 3.05) is 5.32 Å². The Balaban J connectivity index is 1.55. The number of anilines is 1. The summed E-state index contributed by atoms with van der Waals surface area (Å²) in [5.74, 6) is -0.0154. The van der Waals surface area contributed by atoms with Gasteiger partial charge >= 0.3 is 5.97 Å². The molecule has 6 nitrogen and oxygen atoms in total. The van der Waals surface area contributed by atoms with Crippen LogP contribution < -0.4 is 5.32 Å². The molecule has 2 aromatic carbocycles. The molecule has 3 heterocycles. The van der Waals surface area contributed by atoms with Crippen LogP contribution in [0.4, 0.5) is 5.82 Å². The number of carboxylic acids is 1. The van der Waals surface area contributed by atoms with Crippen LogP contribution in [0.1, 0.15) is 5.56 Å². The summed E-state index contributed by atoms with van der Waals surface area (Å²) in [5.41, 5.74) is 2.62. The molecule has 8 heteroatoms. The molecule has 0 fully saturated rings. The number of benzene rings is 2.